The summed E-state index contributed by atoms with van der Waals surface area (Å²) in [7, 11) is 0. The van der Waals surface area contributed by atoms with Gasteiger partial charge in [0.15, 0.2) is 0 Å². The van der Waals surface area contributed by atoms with Crippen molar-refractivity contribution < 1.29 is 8.78 Å². The van der Waals surface area contributed by atoms with E-state index in [2.05, 4.69) is 14.9 Å². The summed E-state index contributed by atoms with van der Waals surface area (Å²) in [6.45, 7) is 2.55. The summed E-state index contributed by atoms with van der Waals surface area (Å²) < 4.78 is 29.8. The summed E-state index contributed by atoms with van der Waals surface area (Å²) in [6, 6.07) is 9.56. The summed E-state index contributed by atoms with van der Waals surface area (Å²) >= 11 is 0. The monoisotopic (exact) mass is 344 g/mol. The van der Waals surface area contributed by atoms with Gasteiger partial charge in [0.25, 0.3) is 5.92 Å². The van der Waals surface area contributed by atoms with Crippen LogP contribution in [0.25, 0.3) is 0 Å². The van der Waals surface area contributed by atoms with E-state index in [-0.39, 0.29) is 6.42 Å². The molecule has 4 rings (SSSR count). The SMILES string of the molecule is FC1(F)CCN(Cc2ccncc2)CC12CCN(c1ccccn1)C2. The molecule has 4 nitrogen and oxygen atoms in total. The Morgan fingerprint density at radius 2 is 1.80 bits per heavy atom. The largest absolute Gasteiger partial charge is 0.356 e. The van der Waals surface area contributed by atoms with Crippen LogP contribution in [0.15, 0.2) is 48.9 Å². The highest BCUT2D eigenvalue weighted by molar-refractivity contribution is 5.40. The van der Waals surface area contributed by atoms with Crippen LogP contribution in [0.5, 0.6) is 0 Å². The first kappa shape index (κ1) is 16.4. The number of hydrogen-bond donors (Lipinski definition) is 0. The summed E-state index contributed by atoms with van der Waals surface area (Å²) in [5.41, 5.74) is 0.130. The zero-order chi connectivity index (χ0) is 17.3. The average molecular weight is 344 g/mol. The molecule has 0 radical (unpaired) electrons. The van der Waals surface area contributed by atoms with E-state index in [4.69, 9.17) is 0 Å². The summed E-state index contributed by atoms with van der Waals surface area (Å²) in [5, 5.41) is 0. The number of rotatable bonds is 3. The smallest absolute Gasteiger partial charge is 0.257 e. The molecule has 2 aromatic rings. The summed E-state index contributed by atoms with van der Waals surface area (Å²) in [4.78, 5) is 12.5. The molecular formula is C19H22F2N4. The maximum Gasteiger partial charge on any atom is 0.257 e. The lowest BCUT2D eigenvalue weighted by Crippen LogP contribution is -2.56. The minimum atomic E-state index is -2.63. The van der Waals surface area contributed by atoms with Crippen LogP contribution in [-0.2, 0) is 6.54 Å². The van der Waals surface area contributed by atoms with Crippen LogP contribution >= 0.6 is 0 Å². The van der Waals surface area contributed by atoms with Gasteiger partial charge in [0.1, 0.15) is 5.82 Å². The molecule has 2 aromatic heterocycles. The van der Waals surface area contributed by atoms with Crippen molar-refractivity contribution in [3.63, 3.8) is 0 Å². The first-order chi connectivity index (χ1) is 12.1. The van der Waals surface area contributed by atoms with Gasteiger partial charge in [-0.2, -0.15) is 0 Å². The number of hydrogen-bond acceptors (Lipinski definition) is 4. The number of halogens is 2. The van der Waals surface area contributed by atoms with Gasteiger partial charge in [0, 0.05) is 57.7 Å². The molecular weight excluding hydrogens is 322 g/mol. The minimum Gasteiger partial charge on any atom is -0.356 e. The molecule has 0 amide bonds. The lowest BCUT2D eigenvalue weighted by atomic mass is 9.75. The van der Waals surface area contributed by atoms with E-state index >= 15 is 0 Å². The fraction of sp³-hybridized carbons (Fsp3) is 0.474. The van der Waals surface area contributed by atoms with Gasteiger partial charge in [-0.25, -0.2) is 13.8 Å². The fourth-order valence-corrected chi connectivity index (χ4v) is 4.10. The van der Waals surface area contributed by atoms with Crippen LogP contribution in [0.2, 0.25) is 0 Å². The van der Waals surface area contributed by atoms with Crippen LogP contribution in [-0.4, -0.2) is 47.0 Å². The Morgan fingerprint density at radius 1 is 0.960 bits per heavy atom. The Hall–Kier alpha value is -2.08. The molecule has 2 aliphatic rings. The van der Waals surface area contributed by atoms with Crippen molar-refractivity contribution in [2.45, 2.75) is 25.3 Å². The molecule has 6 heteroatoms. The lowest BCUT2D eigenvalue weighted by molar-refractivity contribution is -0.158. The highest BCUT2D eigenvalue weighted by atomic mass is 19.3. The number of nitrogens with zero attached hydrogens (tertiary/aromatic N) is 4. The van der Waals surface area contributed by atoms with E-state index in [0.29, 0.717) is 39.1 Å². The van der Waals surface area contributed by atoms with Crippen LogP contribution < -0.4 is 4.90 Å². The Morgan fingerprint density at radius 3 is 2.56 bits per heavy atom. The van der Waals surface area contributed by atoms with Gasteiger partial charge in [-0.3, -0.25) is 9.88 Å². The Kier molecular flexibility index (Phi) is 4.15. The van der Waals surface area contributed by atoms with E-state index in [1.165, 1.54) is 0 Å². The maximum absolute atomic E-state index is 14.9. The highest BCUT2D eigenvalue weighted by Gasteiger charge is 2.59. The Bertz CT molecular complexity index is 710. The van der Waals surface area contributed by atoms with Crippen molar-refractivity contribution in [3.8, 4) is 0 Å². The number of alkyl halides is 2. The topological polar surface area (TPSA) is 32.3 Å². The van der Waals surface area contributed by atoms with E-state index < -0.39 is 11.3 Å². The van der Waals surface area contributed by atoms with Gasteiger partial charge in [-0.1, -0.05) is 6.07 Å². The molecule has 1 unspecified atom stereocenters. The van der Waals surface area contributed by atoms with E-state index in [1.807, 2.05) is 35.2 Å². The van der Waals surface area contributed by atoms with Crippen molar-refractivity contribution in [3.05, 3.63) is 54.5 Å². The molecule has 0 aromatic carbocycles. The number of anilines is 1. The van der Waals surface area contributed by atoms with Gasteiger partial charge >= 0.3 is 0 Å². The third-order valence-electron chi connectivity index (χ3n) is 5.53. The van der Waals surface area contributed by atoms with Gasteiger partial charge in [0.05, 0.1) is 5.41 Å². The third kappa shape index (κ3) is 3.11. The van der Waals surface area contributed by atoms with Gasteiger partial charge in [-0.05, 0) is 36.2 Å². The van der Waals surface area contributed by atoms with E-state index in [9.17, 15) is 8.78 Å². The maximum atomic E-state index is 14.9. The minimum absolute atomic E-state index is 0.0753. The van der Waals surface area contributed by atoms with Crippen LogP contribution in [0.3, 0.4) is 0 Å². The summed E-state index contributed by atoms with van der Waals surface area (Å²) in [6.07, 6.45) is 5.65. The molecule has 0 aliphatic carbocycles. The summed E-state index contributed by atoms with van der Waals surface area (Å²) in [5.74, 6) is -1.84. The first-order valence-corrected chi connectivity index (χ1v) is 8.73. The number of piperidine rings is 1. The second-order valence-corrected chi connectivity index (χ2v) is 7.16. The van der Waals surface area contributed by atoms with Gasteiger partial charge in [-0.15, -0.1) is 0 Å². The lowest BCUT2D eigenvalue weighted by Gasteiger charge is -2.46. The predicted octanol–water partition coefficient (Wildman–Crippen LogP) is 3.21. The number of likely N-dealkylation sites (tertiary alicyclic amines) is 1. The van der Waals surface area contributed by atoms with Crippen molar-refractivity contribution in [2.24, 2.45) is 5.41 Å². The van der Waals surface area contributed by atoms with Crippen molar-refractivity contribution >= 4 is 5.82 Å². The van der Waals surface area contributed by atoms with Gasteiger partial charge < -0.3 is 4.90 Å². The molecule has 2 aliphatic heterocycles. The molecule has 2 fully saturated rings. The van der Waals surface area contributed by atoms with Gasteiger partial charge in [0.2, 0.25) is 0 Å². The van der Waals surface area contributed by atoms with E-state index in [0.717, 1.165) is 11.4 Å². The Balaban J connectivity index is 1.52. The second kappa shape index (κ2) is 6.33. The molecule has 0 bridgehead atoms. The van der Waals surface area contributed by atoms with Crippen molar-refractivity contribution in [1.29, 1.82) is 0 Å². The second-order valence-electron chi connectivity index (χ2n) is 7.16. The van der Waals surface area contributed by atoms with Crippen LogP contribution in [0.1, 0.15) is 18.4 Å². The number of aromatic nitrogens is 2. The zero-order valence-corrected chi connectivity index (χ0v) is 14.1. The normalized spacial score (nSPS) is 26.2. The highest BCUT2D eigenvalue weighted by Crippen LogP contribution is 2.50. The van der Waals surface area contributed by atoms with Crippen LogP contribution in [0, 0.1) is 5.41 Å². The standard InChI is InChI=1S/C19H22F2N4/c20-19(21)7-11-24(13-16-4-9-22-10-5-16)14-18(19)6-12-25(15-18)17-3-1-2-8-23-17/h1-5,8-10H,6-7,11-15H2. The fourth-order valence-electron chi connectivity index (χ4n) is 4.10. The number of pyridine rings is 2. The molecule has 4 heterocycles. The van der Waals surface area contributed by atoms with Crippen LogP contribution in [0.4, 0.5) is 14.6 Å². The third-order valence-corrected chi connectivity index (χ3v) is 5.53. The molecule has 2 saturated heterocycles. The molecule has 0 N–H and O–H groups in total. The zero-order valence-electron chi connectivity index (χ0n) is 14.1. The average Bonchev–Trinajstić information content (AvgIpc) is 3.06. The quantitative estimate of drug-likeness (QED) is 0.856. The Labute approximate surface area is 146 Å². The molecule has 132 valence electrons. The van der Waals surface area contributed by atoms with Crippen molar-refractivity contribution in [2.75, 3.05) is 31.1 Å². The van der Waals surface area contributed by atoms with Crippen molar-refractivity contribution in [1.82, 2.24) is 14.9 Å². The molecule has 1 spiro atoms. The molecule has 25 heavy (non-hydrogen) atoms. The molecule has 0 saturated carbocycles. The van der Waals surface area contributed by atoms with E-state index in [1.54, 1.807) is 18.6 Å². The first-order valence-electron chi connectivity index (χ1n) is 8.73. The molecule has 1 atom stereocenters. The predicted molar refractivity (Wildman–Crippen MR) is 92.6 cm³/mol.